The molecule has 1 nitrogen and oxygen atoms in total. The molecule has 0 aliphatic carbocycles. The van der Waals surface area contributed by atoms with Crippen LogP contribution in [0.3, 0.4) is 0 Å². The zero-order chi connectivity index (χ0) is 14.8. The first-order valence-electron chi connectivity index (χ1n) is 6.83. The van der Waals surface area contributed by atoms with Gasteiger partial charge in [-0.15, -0.1) is 6.58 Å². The fourth-order valence-electron chi connectivity index (χ4n) is 2.92. The van der Waals surface area contributed by atoms with Crippen molar-refractivity contribution in [2.24, 2.45) is 0 Å². The van der Waals surface area contributed by atoms with Crippen LogP contribution in [0.4, 0.5) is 0 Å². The van der Waals surface area contributed by atoms with Crippen LogP contribution in [-0.2, 0) is 4.57 Å². The van der Waals surface area contributed by atoms with Gasteiger partial charge in [-0.05, 0) is 31.9 Å². The Kier molecular flexibility index (Phi) is 4.30. The molecule has 0 N–H and O–H groups in total. The minimum absolute atomic E-state index is 0.502. The van der Waals surface area contributed by atoms with Crippen molar-refractivity contribution < 1.29 is 4.57 Å². The molecule has 0 fully saturated rings. The average molecular weight is 284 g/mol. The molecule has 0 aromatic heterocycles. The van der Waals surface area contributed by atoms with Gasteiger partial charge in [0.25, 0.3) is 0 Å². The van der Waals surface area contributed by atoms with Gasteiger partial charge in [0.1, 0.15) is 7.14 Å². The normalized spacial score (nSPS) is 13.8. The second-order valence-electron chi connectivity index (χ2n) is 5.29. The lowest BCUT2D eigenvalue weighted by molar-refractivity contribution is 0.588. The van der Waals surface area contributed by atoms with E-state index in [9.17, 15) is 4.57 Å². The van der Waals surface area contributed by atoms with Crippen LogP contribution in [0.15, 0.2) is 55.1 Å². The van der Waals surface area contributed by atoms with Crippen LogP contribution in [0, 0.1) is 20.8 Å². The maximum Gasteiger partial charge on any atom is 0.147 e. The van der Waals surface area contributed by atoms with Crippen LogP contribution in [-0.4, -0.2) is 6.16 Å². The summed E-state index contributed by atoms with van der Waals surface area (Å²) in [6.45, 7) is 9.97. The van der Waals surface area contributed by atoms with Crippen LogP contribution in [0.2, 0.25) is 0 Å². The molecular formula is C18H21OP. The van der Waals surface area contributed by atoms with Crippen LogP contribution >= 0.6 is 7.14 Å². The van der Waals surface area contributed by atoms with Gasteiger partial charge in [0.15, 0.2) is 0 Å². The quantitative estimate of drug-likeness (QED) is 0.610. The van der Waals surface area contributed by atoms with Crippen molar-refractivity contribution in [2.45, 2.75) is 20.8 Å². The van der Waals surface area contributed by atoms with E-state index in [1.54, 1.807) is 6.08 Å². The molecule has 0 saturated carbocycles. The van der Waals surface area contributed by atoms with E-state index in [4.69, 9.17) is 0 Å². The summed E-state index contributed by atoms with van der Waals surface area (Å²) in [6.07, 6.45) is 2.27. The number of hydrogen-bond donors (Lipinski definition) is 0. The summed E-state index contributed by atoms with van der Waals surface area (Å²) in [5.74, 6) is 0. The third-order valence-corrected chi connectivity index (χ3v) is 6.89. The van der Waals surface area contributed by atoms with Gasteiger partial charge in [0.05, 0.1) is 0 Å². The molecule has 2 heteroatoms. The standard InChI is InChI=1S/C18H21OP/c1-5-11-20(19,17-9-7-6-8-10-17)18-15(3)12-14(2)13-16(18)4/h5-10,12-13H,1,11H2,2-4H3. The highest BCUT2D eigenvalue weighted by atomic mass is 31.2. The van der Waals surface area contributed by atoms with Crippen LogP contribution in [0.25, 0.3) is 0 Å². The molecule has 20 heavy (non-hydrogen) atoms. The van der Waals surface area contributed by atoms with Crippen LogP contribution < -0.4 is 10.6 Å². The van der Waals surface area contributed by atoms with E-state index in [2.05, 4.69) is 25.6 Å². The molecule has 1 unspecified atom stereocenters. The number of benzene rings is 2. The lowest BCUT2D eigenvalue weighted by atomic mass is 10.1. The predicted octanol–water partition coefficient (Wildman–Crippen LogP) is 4.11. The van der Waals surface area contributed by atoms with E-state index in [1.807, 2.05) is 44.2 Å². The Labute approximate surface area is 121 Å². The van der Waals surface area contributed by atoms with Gasteiger partial charge < -0.3 is 4.57 Å². The van der Waals surface area contributed by atoms with Crippen molar-refractivity contribution in [3.8, 4) is 0 Å². The Hall–Kier alpha value is -1.59. The highest BCUT2D eigenvalue weighted by Crippen LogP contribution is 2.45. The summed E-state index contributed by atoms with van der Waals surface area (Å²) in [7, 11) is -2.64. The monoisotopic (exact) mass is 284 g/mol. The fourth-order valence-corrected chi connectivity index (χ4v) is 5.86. The Balaban J connectivity index is 2.72. The van der Waals surface area contributed by atoms with Crippen molar-refractivity contribution in [1.82, 2.24) is 0 Å². The van der Waals surface area contributed by atoms with Crippen LogP contribution in [0.1, 0.15) is 16.7 Å². The molecule has 104 valence electrons. The Morgan fingerprint density at radius 3 is 2.10 bits per heavy atom. The second kappa shape index (κ2) is 5.81. The Morgan fingerprint density at radius 2 is 1.60 bits per heavy atom. The molecule has 0 radical (unpaired) electrons. The fraction of sp³-hybridized carbons (Fsp3) is 0.222. The maximum absolute atomic E-state index is 13.7. The molecule has 0 aliphatic rings. The van der Waals surface area contributed by atoms with E-state index in [0.717, 1.165) is 21.7 Å². The van der Waals surface area contributed by atoms with Gasteiger partial charge in [-0.25, -0.2) is 0 Å². The van der Waals surface area contributed by atoms with Gasteiger partial charge in [0.2, 0.25) is 0 Å². The summed E-state index contributed by atoms with van der Waals surface area (Å²) < 4.78 is 13.7. The average Bonchev–Trinajstić information content (AvgIpc) is 2.38. The van der Waals surface area contributed by atoms with E-state index in [1.165, 1.54) is 5.56 Å². The van der Waals surface area contributed by atoms with Crippen molar-refractivity contribution in [1.29, 1.82) is 0 Å². The van der Waals surface area contributed by atoms with Gasteiger partial charge in [0, 0.05) is 16.8 Å². The summed E-state index contributed by atoms with van der Waals surface area (Å²) in [4.78, 5) is 0. The lowest BCUT2D eigenvalue weighted by Crippen LogP contribution is -2.22. The van der Waals surface area contributed by atoms with Gasteiger partial charge in [-0.3, -0.25) is 0 Å². The van der Waals surface area contributed by atoms with E-state index >= 15 is 0 Å². The Morgan fingerprint density at radius 1 is 1.05 bits per heavy atom. The molecule has 0 saturated heterocycles. The smallest absolute Gasteiger partial charge is 0.147 e. The predicted molar refractivity (Wildman–Crippen MR) is 89.0 cm³/mol. The van der Waals surface area contributed by atoms with E-state index in [-0.39, 0.29) is 0 Å². The summed E-state index contributed by atoms with van der Waals surface area (Å²) in [5.41, 5.74) is 3.43. The van der Waals surface area contributed by atoms with Crippen molar-refractivity contribution >= 4 is 17.8 Å². The number of hydrogen-bond acceptors (Lipinski definition) is 1. The van der Waals surface area contributed by atoms with Gasteiger partial charge >= 0.3 is 0 Å². The van der Waals surface area contributed by atoms with Crippen LogP contribution in [0.5, 0.6) is 0 Å². The van der Waals surface area contributed by atoms with Gasteiger partial charge in [-0.1, -0.05) is 54.1 Å². The number of allylic oxidation sites excluding steroid dienone is 1. The highest BCUT2D eigenvalue weighted by Gasteiger charge is 2.29. The molecule has 1 atom stereocenters. The maximum atomic E-state index is 13.7. The second-order valence-corrected chi connectivity index (χ2v) is 8.10. The first-order valence-corrected chi connectivity index (χ1v) is 8.72. The molecule has 0 spiro atoms. The minimum atomic E-state index is -2.64. The first kappa shape index (κ1) is 14.8. The van der Waals surface area contributed by atoms with Crippen molar-refractivity contribution in [3.63, 3.8) is 0 Å². The third-order valence-electron chi connectivity index (χ3n) is 3.56. The zero-order valence-electron chi connectivity index (χ0n) is 12.4. The number of rotatable bonds is 4. The highest BCUT2D eigenvalue weighted by molar-refractivity contribution is 7.79. The van der Waals surface area contributed by atoms with Crippen molar-refractivity contribution in [3.05, 3.63) is 71.8 Å². The molecule has 0 bridgehead atoms. The molecule has 2 aromatic carbocycles. The molecule has 0 aliphatic heterocycles. The zero-order valence-corrected chi connectivity index (χ0v) is 13.3. The molecule has 0 amide bonds. The third kappa shape index (κ3) is 2.64. The van der Waals surface area contributed by atoms with E-state index in [0.29, 0.717) is 6.16 Å². The van der Waals surface area contributed by atoms with Gasteiger partial charge in [-0.2, -0.15) is 0 Å². The first-order chi connectivity index (χ1) is 9.49. The SMILES string of the molecule is C=CCP(=O)(c1ccccc1)c1c(C)cc(C)cc1C. The summed E-state index contributed by atoms with van der Waals surface area (Å²) in [6, 6.07) is 14.0. The summed E-state index contributed by atoms with van der Waals surface area (Å²) >= 11 is 0. The molecule has 2 rings (SSSR count). The lowest BCUT2D eigenvalue weighted by Gasteiger charge is -2.22. The minimum Gasteiger partial charge on any atom is -0.313 e. The summed E-state index contributed by atoms with van der Waals surface area (Å²) in [5, 5.41) is 1.91. The largest absolute Gasteiger partial charge is 0.313 e. The topological polar surface area (TPSA) is 17.1 Å². The number of aryl methyl sites for hydroxylation is 3. The van der Waals surface area contributed by atoms with Crippen molar-refractivity contribution in [2.75, 3.05) is 6.16 Å². The molecule has 0 heterocycles. The van der Waals surface area contributed by atoms with E-state index < -0.39 is 7.14 Å². The Bertz CT molecular complexity index is 648. The molecule has 2 aromatic rings. The molecular weight excluding hydrogens is 263 g/mol.